The average Bonchev–Trinajstić information content (AvgIpc) is 2.54. The maximum atomic E-state index is 10.3. The Balaban J connectivity index is 2.02. The van der Waals surface area contributed by atoms with Crippen molar-refractivity contribution in [2.24, 2.45) is 5.73 Å². The molecule has 0 amide bonds. The molecule has 2 rings (SSSR count). The lowest BCUT2D eigenvalue weighted by atomic mass is 10.00. The van der Waals surface area contributed by atoms with Crippen LogP contribution in [-0.2, 0) is 0 Å². The van der Waals surface area contributed by atoms with Crippen molar-refractivity contribution in [2.45, 2.75) is 50.3 Å². The zero-order valence-corrected chi connectivity index (χ0v) is 11.0. The van der Waals surface area contributed by atoms with Crippen LogP contribution in [0.3, 0.4) is 0 Å². The van der Waals surface area contributed by atoms with E-state index in [1.807, 2.05) is 0 Å². The van der Waals surface area contributed by atoms with E-state index in [0.29, 0.717) is 18.6 Å². The summed E-state index contributed by atoms with van der Waals surface area (Å²) in [5, 5.41) is 10.3. The van der Waals surface area contributed by atoms with Crippen LogP contribution < -0.4 is 5.73 Å². The lowest BCUT2D eigenvalue weighted by Crippen LogP contribution is -2.60. The van der Waals surface area contributed by atoms with Gasteiger partial charge >= 0.3 is 0 Å². The number of nitrogens with two attached hydrogens (primary N) is 1. The smallest absolute Gasteiger partial charge is 0.0695 e. The van der Waals surface area contributed by atoms with E-state index in [9.17, 15) is 5.11 Å². The first-order valence-corrected chi connectivity index (χ1v) is 7.05. The number of aliphatic hydroxyl groups excluding tert-OH is 1. The van der Waals surface area contributed by atoms with E-state index < -0.39 is 0 Å². The lowest BCUT2D eigenvalue weighted by Gasteiger charge is -2.45. The normalized spacial score (nSPS) is 37.9. The molecule has 0 radical (unpaired) electrons. The largest absolute Gasteiger partial charge is 0.391 e. The molecule has 4 nitrogen and oxygen atoms in total. The van der Waals surface area contributed by atoms with Gasteiger partial charge in [0, 0.05) is 38.3 Å². The van der Waals surface area contributed by atoms with Crippen LogP contribution in [0.1, 0.15) is 32.1 Å². The molecule has 3 unspecified atom stereocenters. The van der Waals surface area contributed by atoms with E-state index in [4.69, 9.17) is 5.73 Å². The van der Waals surface area contributed by atoms with Crippen LogP contribution in [0.4, 0.5) is 0 Å². The maximum absolute atomic E-state index is 10.3. The highest BCUT2D eigenvalue weighted by Gasteiger charge is 2.34. The Morgan fingerprint density at radius 2 is 1.94 bits per heavy atom. The predicted molar refractivity (Wildman–Crippen MR) is 69.9 cm³/mol. The second-order valence-corrected chi connectivity index (χ2v) is 5.66. The maximum Gasteiger partial charge on any atom is 0.0695 e. The SMILES string of the molecule is CN1CCN(C2CCCCCC2O)C(CN)C1. The molecule has 1 aliphatic carbocycles. The number of rotatable bonds is 2. The van der Waals surface area contributed by atoms with E-state index in [2.05, 4.69) is 16.8 Å². The number of hydrogen-bond acceptors (Lipinski definition) is 4. The molecule has 1 saturated heterocycles. The van der Waals surface area contributed by atoms with Gasteiger partial charge in [-0.2, -0.15) is 0 Å². The Morgan fingerprint density at radius 3 is 2.71 bits per heavy atom. The zero-order chi connectivity index (χ0) is 12.3. The minimum absolute atomic E-state index is 0.144. The molecule has 2 fully saturated rings. The van der Waals surface area contributed by atoms with Crippen LogP contribution >= 0.6 is 0 Å². The van der Waals surface area contributed by atoms with Crippen LogP contribution in [0.15, 0.2) is 0 Å². The van der Waals surface area contributed by atoms with E-state index in [-0.39, 0.29) is 6.10 Å². The number of piperazine rings is 1. The summed E-state index contributed by atoms with van der Waals surface area (Å²) in [6.07, 6.45) is 5.67. The molecule has 1 aliphatic heterocycles. The number of likely N-dealkylation sites (N-methyl/N-ethyl adjacent to an activating group) is 1. The molecule has 0 bridgehead atoms. The molecule has 17 heavy (non-hydrogen) atoms. The van der Waals surface area contributed by atoms with Crippen molar-refractivity contribution in [3.05, 3.63) is 0 Å². The topological polar surface area (TPSA) is 52.7 Å². The second-order valence-electron chi connectivity index (χ2n) is 5.66. The van der Waals surface area contributed by atoms with Crippen LogP contribution in [-0.4, -0.2) is 66.3 Å². The highest BCUT2D eigenvalue weighted by molar-refractivity contribution is 4.90. The standard InChI is InChI=1S/C13H27N3O/c1-15-7-8-16(11(9-14)10-15)12-5-3-2-4-6-13(12)17/h11-13,17H,2-10,14H2,1H3. The summed E-state index contributed by atoms with van der Waals surface area (Å²) >= 11 is 0. The van der Waals surface area contributed by atoms with Gasteiger partial charge in [-0.25, -0.2) is 0 Å². The third-order valence-corrected chi connectivity index (χ3v) is 4.37. The summed E-state index contributed by atoms with van der Waals surface area (Å²) in [5.74, 6) is 0. The second kappa shape index (κ2) is 6.14. The minimum Gasteiger partial charge on any atom is -0.391 e. The van der Waals surface area contributed by atoms with Gasteiger partial charge in [-0.1, -0.05) is 19.3 Å². The lowest BCUT2D eigenvalue weighted by molar-refractivity contribution is -0.0106. The molecule has 3 N–H and O–H groups in total. The summed E-state index contributed by atoms with van der Waals surface area (Å²) < 4.78 is 0. The van der Waals surface area contributed by atoms with E-state index in [0.717, 1.165) is 32.5 Å². The predicted octanol–water partition coefficient (Wildman–Crippen LogP) is 0.255. The Kier molecular flexibility index (Phi) is 4.79. The van der Waals surface area contributed by atoms with Gasteiger partial charge in [0.1, 0.15) is 0 Å². The Bertz CT molecular complexity index is 237. The summed E-state index contributed by atoms with van der Waals surface area (Å²) in [5.41, 5.74) is 5.90. The van der Waals surface area contributed by atoms with Crippen LogP contribution in [0.2, 0.25) is 0 Å². The Morgan fingerprint density at radius 1 is 1.18 bits per heavy atom. The fourth-order valence-corrected chi connectivity index (χ4v) is 3.33. The van der Waals surface area contributed by atoms with Crippen molar-refractivity contribution < 1.29 is 5.11 Å². The van der Waals surface area contributed by atoms with Gasteiger partial charge < -0.3 is 15.7 Å². The van der Waals surface area contributed by atoms with Crippen LogP contribution in [0, 0.1) is 0 Å². The van der Waals surface area contributed by atoms with E-state index in [1.165, 1.54) is 19.3 Å². The molecule has 0 aromatic carbocycles. The highest BCUT2D eigenvalue weighted by atomic mass is 16.3. The van der Waals surface area contributed by atoms with Crippen LogP contribution in [0.25, 0.3) is 0 Å². The third-order valence-electron chi connectivity index (χ3n) is 4.37. The summed E-state index contributed by atoms with van der Waals surface area (Å²) in [6, 6.07) is 0.770. The van der Waals surface area contributed by atoms with Crippen molar-refractivity contribution in [2.75, 3.05) is 33.2 Å². The molecular weight excluding hydrogens is 214 g/mol. The van der Waals surface area contributed by atoms with Crippen molar-refractivity contribution >= 4 is 0 Å². The number of aliphatic hydroxyl groups is 1. The van der Waals surface area contributed by atoms with Crippen molar-refractivity contribution in [1.29, 1.82) is 0 Å². The molecule has 0 spiro atoms. The summed E-state index contributed by atoms with van der Waals surface area (Å²) in [6.45, 7) is 3.90. The van der Waals surface area contributed by atoms with Gasteiger partial charge in [-0.05, 0) is 19.9 Å². The monoisotopic (exact) mass is 241 g/mol. The fraction of sp³-hybridized carbons (Fsp3) is 1.00. The molecule has 2 aliphatic rings. The van der Waals surface area contributed by atoms with Gasteiger partial charge in [-0.3, -0.25) is 4.90 Å². The molecular formula is C13H27N3O. The number of nitrogens with zero attached hydrogens (tertiary/aromatic N) is 2. The first kappa shape index (κ1) is 13.3. The molecule has 0 aromatic rings. The molecule has 4 heteroatoms. The first-order valence-electron chi connectivity index (χ1n) is 7.05. The third kappa shape index (κ3) is 3.19. The van der Waals surface area contributed by atoms with Crippen LogP contribution in [0.5, 0.6) is 0 Å². The van der Waals surface area contributed by atoms with Crippen molar-refractivity contribution in [1.82, 2.24) is 9.80 Å². The molecule has 1 heterocycles. The first-order chi connectivity index (χ1) is 8.22. The number of hydrogen-bond donors (Lipinski definition) is 2. The van der Waals surface area contributed by atoms with Gasteiger partial charge in [0.25, 0.3) is 0 Å². The highest BCUT2D eigenvalue weighted by Crippen LogP contribution is 2.25. The minimum atomic E-state index is -0.144. The van der Waals surface area contributed by atoms with Gasteiger partial charge in [0.2, 0.25) is 0 Å². The van der Waals surface area contributed by atoms with Gasteiger partial charge in [0.15, 0.2) is 0 Å². The quantitative estimate of drug-likeness (QED) is 0.681. The Labute approximate surface area is 105 Å². The molecule has 1 saturated carbocycles. The van der Waals surface area contributed by atoms with Gasteiger partial charge in [0.05, 0.1) is 6.10 Å². The van der Waals surface area contributed by atoms with E-state index in [1.54, 1.807) is 0 Å². The average molecular weight is 241 g/mol. The zero-order valence-electron chi connectivity index (χ0n) is 11.0. The van der Waals surface area contributed by atoms with Crippen molar-refractivity contribution in [3.63, 3.8) is 0 Å². The molecule has 0 aromatic heterocycles. The van der Waals surface area contributed by atoms with Gasteiger partial charge in [-0.15, -0.1) is 0 Å². The molecule has 100 valence electrons. The van der Waals surface area contributed by atoms with Crippen molar-refractivity contribution in [3.8, 4) is 0 Å². The van der Waals surface area contributed by atoms with E-state index >= 15 is 0 Å². The summed E-state index contributed by atoms with van der Waals surface area (Å²) in [7, 11) is 2.16. The molecule has 3 atom stereocenters. The fourth-order valence-electron chi connectivity index (χ4n) is 3.33. The summed E-state index contributed by atoms with van der Waals surface area (Å²) in [4.78, 5) is 4.83. The Hall–Kier alpha value is -0.160.